The Bertz CT molecular complexity index is 619. The molecule has 0 bridgehead atoms. The van der Waals surface area contributed by atoms with E-state index in [1.807, 2.05) is 25.1 Å². The van der Waals surface area contributed by atoms with Crippen LogP contribution in [0.5, 0.6) is 0 Å². The maximum Gasteiger partial charge on any atom is 0.376 e. The van der Waals surface area contributed by atoms with Crippen LogP contribution >= 0.6 is 15.9 Å². The molecule has 0 aliphatic rings. The van der Waals surface area contributed by atoms with Crippen molar-refractivity contribution < 1.29 is 13.9 Å². The van der Waals surface area contributed by atoms with Crippen molar-refractivity contribution in [2.24, 2.45) is 0 Å². The number of carbonyl (C=O) groups is 1. The van der Waals surface area contributed by atoms with Crippen LogP contribution in [0, 0.1) is 13.8 Å². The zero-order valence-corrected chi connectivity index (χ0v) is 12.6. The molecule has 4 nitrogen and oxygen atoms in total. The number of ether oxygens (including phenoxy) is 1. The number of hydrogen-bond acceptors (Lipinski definition) is 4. The number of carbonyl (C=O) groups excluding carboxylic acids is 1. The molecular formula is C14H14BrNO3. The van der Waals surface area contributed by atoms with E-state index in [1.165, 1.54) is 0 Å². The summed E-state index contributed by atoms with van der Waals surface area (Å²) in [7, 11) is 0. The molecule has 0 saturated heterocycles. The molecule has 2 rings (SSSR count). The predicted octanol–water partition coefficient (Wildman–Crippen LogP) is 3.90. The molecule has 1 aromatic heterocycles. The van der Waals surface area contributed by atoms with Gasteiger partial charge in [0.05, 0.1) is 12.3 Å². The summed E-state index contributed by atoms with van der Waals surface area (Å²) in [5.74, 6) is 0.123. The zero-order valence-electron chi connectivity index (χ0n) is 11.0. The molecule has 0 fully saturated rings. The Morgan fingerprint density at radius 2 is 2.16 bits per heavy atom. The number of aromatic nitrogens is 1. The van der Waals surface area contributed by atoms with Crippen LogP contribution in [0.4, 0.5) is 0 Å². The molecule has 2 aromatic rings. The van der Waals surface area contributed by atoms with Gasteiger partial charge in [-0.3, -0.25) is 0 Å². The molecule has 5 heteroatoms. The van der Waals surface area contributed by atoms with Crippen molar-refractivity contribution >= 4 is 21.9 Å². The molecule has 1 heterocycles. The van der Waals surface area contributed by atoms with Gasteiger partial charge in [-0.1, -0.05) is 15.9 Å². The minimum absolute atomic E-state index is 0.166. The van der Waals surface area contributed by atoms with Gasteiger partial charge >= 0.3 is 5.97 Å². The van der Waals surface area contributed by atoms with E-state index in [4.69, 9.17) is 9.15 Å². The maximum absolute atomic E-state index is 11.7. The van der Waals surface area contributed by atoms with E-state index >= 15 is 0 Å². The fraction of sp³-hybridized carbons (Fsp3) is 0.286. The standard InChI is InChI=1S/C14H14BrNO3/c1-4-18-14(17)12-9(3)16-13(19-12)11-6-5-10(15)7-8(11)2/h5-7H,4H2,1-3H3. The molecule has 0 spiro atoms. The Balaban J connectivity index is 2.42. The van der Waals surface area contributed by atoms with Crippen LogP contribution in [-0.4, -0.2) is 17.6 Å². The number of nitrogens with zero attached hydrogens (tertiary/aromatic N) is 1. The molecule has 0 atom stereocenters. The highest BCUT2D eigenvalue weighted by molar-refractivity contribution is 9.10. The van der Waals surface area contributed by atoms with Crippen molar-refractivity contribution in [3.05, 3.63) is 39.7 Å². The molecule has 1 aromatic carbocycles. The predicted molar refractivity (Wildman–Crippen MR) is 75.1 cm³/mol. The normalized spacial score (nSPS) is 10.5. The average Bonchev–Trinajstić information content (AvgIpc) is 2.71. The fourth-order valence-corrected chi connectivity index (χ4v) is 2.24. The number of rotatable bonds is 3. The van der Waals surface area contributed by atoms with E-state index in [9.17, 15) is 4.79 Å². The Labute approximate surface area is 119 Å². The number of halogens is 1. The molecule has 0 unspecified atom stereocenters. The van der Waals surface area contributed by atoms with Crippen molar-refractivity contribution in [2.45, 2.75) is 20.8 Å². The first-order valence-corrected chi connectivity index (χ1v) is 6.73. The van der Waals surface area contributed by atoms with Crippen molar-refractivity contribution in [3.63, 3.8) is 0 Å². The quantitative estimate of drug-likeness (QED) is 0.804. The van der Waals surface area contributed by atoms with Crippen LogP contribution < -0.4 is 0 Å². The van der Waals surface area contributed by atoms with Crippen LogP contribution in [0.3, 0.4) is 0 Å². The molecular weight excluding hydrogens is 310 g/mol. The van der Waals surface area contributed by atoms with E-state index in [0.717, 1.165) is 15.6 Å². The lowest BCUT2D eigenvalue weighted by atomic mass is 10.1. The second kappa shape index (κ2) is 5.57. The maximum atomic E-state index is 11.7. The summed E-state index contributed by atoms with van der Waals surface area (Å²) in [4.78, 5) is 16.0. The highest BCUT2D eigenvalue weighted by Crippen LogP contribution is 2.27. The summed E-state index contributed by atoms with van der Waals surface area (Å²) in [6, 6.07) is 5.78. The first kappa shape index (κ1) is 13.8. The summed E-state index contributed by atoms with van der Waals surface area (Å²) >= 11 is 3.41. The molecule has 100 valence electrons. The fourth-order valence-electron chi connectivity index (χ4n) is 1.76. The smallest absolute Gasteiger partial charge is 0.376 e. The lowest BCUT2D eigenvalue weighted by Crippen LogP contribution is -2.04. The van der Waals surface area contributed by atoms with E-state index in [1.54, 1.807) is 13.8 Å². The Morgan fingerprint density at radius 3 is 2.79 bits per heavy atom. The Hall–Kier alpha value is -1.62. The number of aryl methyl sites for hydroxylation is 2. The van der Waals surface area contributed by atoms with Gasteiger partial charge in [0, 0.05) is 10.0 Å². The largest absolute Gasteiger partial charge is 0.460 e. The van der Waals surface area contributed by atoms with Gasteiger partial charge in [-0.15, -0.1) is 0 Å². The molecule has 0 radical (unpaired) electrons. The second-order valence-electron chi connectivity index (χ2n) is 4.11. The van der Waals surface area contributed by atoms with E-state index in [-0.39, 0.29) is 5.76 Å². The molecule has 19 heavy (non-hydrogen) atoms. The van der Waals surface area contributed by atoms with E-state index in [0.29, 0.717) is 18.2 Å². The lowest BCUT2D eigenvalue weighted by Gasteiger charge is -2.01. The van der Waals surface area contributed by atoms with Gasteiger partial charge in [0.2, 0.25) is 11.7 Å². The van der Waals surface area contributed by atoms with E-state index < -0.39 is 5.97 Å². The third-order valence-electron chi connectivity index (χ3n) is 2.68. The lowest BCUT2D eigenvalue weighted by molar-refractivity contribution is 0.0490. The molecule has 0 N–H and O–H groups in total. The second-order valence-corrected chi connectivity index (χ2v) is 5.03. The summed E-state index contributed by atoms with van der Waals surface area (Å²) in [5.41, 5.74) is 2.42. The topological polar surface area (TPSA) is 52.3 Å². The van der Waals surface area contributed by atoms with Gasteiger partial charge in [-0.05, 0) is 44.5 Å². The number of oxazole rings is 1. The van der Waals surface area contributed by atoms with E-state index in [2.05, 4.69) is 20.9 Å². The SMILES string of the molecule is CCOC(=O)c1oc(-c2ccc(Br)cc2C)nc1C. The summed E-state index contributed by atoms with van der Waals surface area (Å²) < 4.78 is 11.5. The van der Waals surface area contributed by atoms with Gasteiger partial charge in [0.15, 0.2) is 0 Å². The summed E-state index contributed by atoms with van der Waals surface area (Å²) in [6.07, 6.45) is 0. The number of benzene rings is 1. The third kappa shape index (κ3) is 2.87. The highest BCUT2D eigenvalue weighted by atomic mass is 79.9. The van der Waals surface area contributed by atoms with Crippen molar-refractivity contribution in [1.82, 2.24) is 4.98 Å². The highest BCUT2D eigenvalue weighted by Gasteiger charge is 2.20. The molecule has 0 amide bonds. The van der Waals surface area contributed by atoms with Gasteiger partial charge < -0.3 is 9.15 Å². The molecule has 0 aliphatic heterocycles. The average molecular weight is 324 g/mol. The van der Waals surface area contributed by atoms with Crippen LogP contribution in [0.1, 0.15) is 28.7 Å². The monoisotopic (exact) mass is 323 g/mol. The molecule has 0 aliphatic carbocycles. The molecule has 0 saturated carbocycles. The summed E-state index contributed by atoms with van der Waals surface area (Å²) in [6.45, 7) is 5.76. The number of esters is 1. The Kier molecular flexibility index (Phi) is 4.04. The minimum Gasteiger partial charge on any atom is -0.460 e. The van der Waals surface area contributed by atoms with Gasteiger partial charge in [-0.25, -0.2) is 9.78 Å². The third-order valence-corrected chi connectivity index (χ3v) is 3.17. The zero-order chi connectivity index (χ0) is 14.0. The van der Waals surface area contributed by atoms with Crippen LogP contribution in [-0.2, 0) is 4.74 Å². The first-order chi connectivity index (χ1) is 9.02. The van der Waals surface area contributed by atoms with Gasteiger partial charge in [0.25, 0.3) is 0 Å². The van der Waals surface area contributed by atoms with Crippen molar-refractivity contribution in [2.75, 3.05) is 6.61 Å². The van der Waals surface area contributed by atoms with Gasteiger partial charge in [0.1, 0.15) is 0 Å². The van der Waals surface area contributed by atoms with Crippen LogP contribution in [0.15, 0.2) is 27.1 Å². The summed E-state index contributed by atoms with van der Waals surface area (Å²) in [5, 5.41) is 0. The van der Waals surface area contributed by atoms with Crippen molar-refractivity contribution in [3.8, 4) is 11.5 Å². The number of hydrogen-bond donors (Lipinski definition) is 0. The van der Waals surface area contributed by atoms with Crippen LogP contribution in [0.2, 0.25) is 0 Å². The van der Waals surface area contributed by atoms with Crippen LogP contribution in [0.25, 0.3) is 11.5 Å². The first-order valence-electron chi connectivity index (χ1n) is 5.94. The minimum atomic E-state index is -0.478. The van der Waals surface area contributed by atoms with Gasteiger partial charge in [-0.2, -0.15) is 0 Å². The Morgan fingerprint density at radius 1 is 1.42 bits per heavy atom. The van der Waals surface area contributed by atoms with Crippen molar-refractivity contribution in [1.29, 1.82) is 0 Å².